The van der Waals surface area contributed by atoms with E-state index in [-0.39, 0.29) is 17.1 Å². The van der Waals surface area contributed by atoms with Gasteiger partial charge in [0.05, 0.1) is 36.2 Å². The van der Waals surface area contributed by atoms with E-state index in [4.69, 9.17) is 14.5 Å². The Bertz CT molecular complexity index is 1070. The number of nitrogens with one attached hydrogen (secondary N) is 2. The largest absolute Gasteiger partial charge is 0.418 e. The molecule has 0 spiro atoms. The molecule has 5 heterocycles. The molecule has 3 aromatic rings. The molecule has 0 bridgehead atoms. The minimum atomic E-state index is -4.45. The number of aromatic amines is 1. The fourth-order valence-corrected chi connectivity index (χ4v) is 4.40. The quantitative estimate of drug-likeness (QED) is 0.649. The summed E-state index contributed by atoms with van der Waals surface area (Å²) in [6.45, 7) is 3.33. The molecular weight excluding hydrogens is 409 g/mol. The van der Waals surface area contributed by atoms with Crippen molar-refractivity contribution in [2.45, 2.75) is 31.0 Å². The number of nitrogens with zero attached hydrogens (tertiary/aromatic N) is 2. The Morgan fingerprint density at radius 1 is 1.06 bits per heavy atom. The van der Waals surface area contributed by atoms with Crippen molar-refractivity contribution in [1.82, 2.24) is 20.3 Å². The van der Waals surface area contributed by atoms with Gasteiger partial charge in [0.2, 0.25) is 0 Å². The summed E-state index contributed by atoms with van der Waals surface area (Å²) in [5.74, 6) is 0.344. The van der Waals surface area contributed by atoms with E-state index in [9.17, 15) is 13.2 Å². The van der Waals surface area contributed by atoms with Crippen molar-refractivity contribution in [3.63, 3.8) is 0 Å². The van der Waals surface area contributed by atoms with Crippen molar-refractivity contribution in [1.29, 1.82) is 0 Å². The molecule has 1 atom stereocenters. The van der Waals surface area contributed by atoms with E-state index in [1.165, 1.54) is 6.07 Å². The number of pyridine rings is 2. The summed E-state index contributed by atoms with van der Waals surface area (Å²) in [5.41, 5.74) is 2.68. The molecule has 0 aliphatic carbocycles. The first-order valence-corrected chi connectivity index (χ1v) is 10.4. The fraction of sp³-hybridized carbons (Fsp3) is 0.455. The third kappa shape index (κ3) is 4.05. The second-order valence-electron chi connectivity index (χ2n) is 7.96. The summed E-state index contributed by atoms with van der Waals surface area (Å²) in [4.78, 5) is 11.7. The number of morpholine rings is 1. The molecular formula is C22H23F3N4O2. The molecule has 164 valence electrons. The van der Waals surface area contributed by atoms with Gasteiger partial charge in [0.15, 0.2) is 0 Å². The topological polar surface area (TPSA) is 72.1 Å². The van der Waals surface area contributed by atoms with Gasteiger partial charge in [0.25, 0.3) is 0 Å². The number of ether oxygens (including phenoxy) is 2. The molecule has 0 aromatic carbocycles. The van der Waals surface area contributed by atoms with Crippen LogP contribution in [0.4, 0.5) is 13.2 Å². The number of aromatic nitrogens is 3. The molecule has 0 radical (unpaired) electrons. The smallest absolute Gasteiger partial charge is 0.381 e. The van der Waals surface area contributed by atoms with Crippen LogP contribution in [0.1, 0.15) is 41.6 Å². The summed E-state index contributed by atoms with van der Waals surface area (Å²) in [6.07, 6.45) is -0.0872. The zero-order valence-corrected chi connectivity index (χ0v) is 16.8. The molecule has 9 heteroatoms. The minimum absolute atomic E-state index is 0.0426. The summed E-state index contributed by atoms with van der Waals surface area (Å²) in [6, 6.07) is 5.38. The third-order valence-corrected chi connectivity index (χ3v) is 6.00. The Labute approximate surface area is 177 Å². The van der Waals surface area contributed by atoms with Crippen molar-refractivity contribution in [2.75, 3.05) is 33.0 Å². The first-order chi connectivity index (χ1) is 15.0. The first-order valence-electron chi connectivity index (χ1n) is 10.4. The van der Waals surface area contributed by atoms with Crippen molar-refractivity contribution < 1.29 is 22.6 Å². The molecule has 0 amide bonds. The van der Waals surface area contributed by atoms with E-state index >= 15 is 0 Å². The van der Waals surface area contributed by atoms with Gasteiger partial charge in [0.1, 0.15) is 5.65 Å². The molecule has 3 aromatic heterocycles. The fourth-order valence-electron chi connectivity index (χ4n) is 4.40. The van der Waals surface area contributed by atoms with Crippen molar-refractivity contribution in [2.24, 2.45) is 0 Å². The van der Waals surface area contributed by atoms with E-state index in [1.54, 1.807) is 6.20 Å². The van der Waals surface area contributed by atoms with E-state index in [0.29, 0.717) is 30.4 Å². The highest BCUT2D eigenvalue weighted by Crippen LogP contribution is 2.37. The normalized spacial score (nSPS) is 20.9. The summed E-state index contributed by atoms with van der Waals surface area (Å²) in [5, 5.41) is 3.50. The maximum atomic E-state index is 13.4. The summed E-state index contributed by atoms with van der Waals surface area (Å²) in [7, 11) is 0. The van der Waals surface area contributed by atoms with Crippen molar-refractivity contribution in [3.05, 3.63) is 47.4 Å². The molecule has 2 aliphatic rings. The second-order valence-corrected chi connectivity index (χ2v) is 7.96. The average Bonchev–Trinajstić information content (AvgIpc) is 3.24. The molecule has 2 N–H and O–H groups in total. The van der Waals surface area contributed by atoms with Gasteiger partial charge in [-0.2, -0.15) is 13.2 Å². The van der Waals surface area contributed by atoms with Gasteiger partial charge in [0, 0.05) is 43.1 Å². The predicted molar refractivity (Wildman–Crippen MR) is 109 cm³/mol. The van der Waals surface area contributed by atoms with Crippen LogP contribution in [0.5, 0.6) is 0 Å². The Hall–Kier alpha value is -2.49. The number of hydrogen-bond acceptors (Lipinski definition) is 5. The van der Waals surface area contributed by atoms with Gasteiger partial charge in [-0.05, 0) is 36.5 Å². The van der Waals surface area contributed by atoms with E-state index in [2.05, 4.69) is 21.4 Å². The van der Waals surface area contributed by atoms with Crippen LogP contribution in [0.25, 0.3) is 22.3 Å². The van der Waals surface area contributed by atoms with Crippen LogP contribution in [-0.4, -0.2) is 47.9 Å². The molecule has 0 unspecified atom stereocenters. The molecule has 5 rings (SSSR count). The number of hydrogen-bond donors (Lipinski definition) is 2. The van der Waals surface area contributed by atoms with Crippen LogP contribution in [0, 0.1) is 0 Å². The Kier molecular flexibility index (Phi) is 5.41. The number of halogens is 3. The Balaban J connectivity index is 1.57. The van der Waals surface area contributed by atoms with Crippen LogP contribution < -0.4 is 5.32 Å². The second kappa shape index (κ2) is 8.22. The zero-order chi connectivity index (χ0) is 21.4. The highest BCUT2D eigenvalue weighted by Gasteiger charge is 2.34. The van der Waals surface area contributed by atoms with E-state index in [0.717, 1.165) is 50.1 Å². The monoisotopic (exact) mass is 432 g/mol. The number of rotatable bonds is 3. The van der Waals surface area contributed by atoms with Gasteiger partial charge < -0.3 is 19.8 Å². The van der Waals surface area contributed by atoms with Gasteiger partial charge in [-0.25, -0.2) is 4.98 Å². The molecule has 0 saturated carbocycles. The maximum Gasteiger partial charge on any atom is 0.418 e. The van der Waals surface area contributed by atoms with Gasteiger partial charge in [-0.3, -0.25) is 4.98 Å². The molecule has 2 saturated heterocycles. The van der Waals surface area contributed by atoms with Crippen LogP contribution in [0.15, 0.2) is 30.6 Å². The number of fused-ring (bicyclic) bond motifs is 1. The van der Waals surface area contributed by atoms with Crippen molar-refractivity contribution >= 4 is 11.0 Å². The SMILES string of the molecule is FC(F)(F)c1c[nH]c2ncc(-c3ccc(C4CCOCC4)c([C@@H]4COCCN4)n3)cc12. The highest BCUT2D eigenvalue weighted by atomic mass is 19.4. The average molecular weight is 432 g/mol. The molecule has 2 aliphatic heterocycles. The van der Waals surface area contributed by atoms with Crippen molar-refractivity contribution in [3.8, 4) is 11.3 Å². The lowest BCUT2D eigenvalue weighted by molar-refractivity contribution is -0.136. The standard InChI is InChI=1S/C22H23F3N4O2/c23-22(24,25)17-11-28-21-16(17)9-14(10-27-21)18-2-1-15(13-3-6-30-7-4-13)20(29-18)19-12-31-8-5-26-19/h1-2,9-11,13,19,26H,3-8,12H2,(H,27,28)/t19-/m0/s1. The lowest BCUT2D eigenvalue weighted by atomic mass is 9.88. The van der Waals surface area contributed by atoms with Crippen LogP contribution in [-0.2, 0) is 15.7 Å². The van der Waals surface area contributed by atoms with Gasteiger partial charge in [-0.15, -0.1) is 0 Å². The third-order valence-electron chi connectivity index (χ3n) is 6.00. The van der Waals surface area contributed by atoms with Crippen LogP contribution in [0.2, 0.25) is 0 Å². The number of H-pyrrole nitrogens is 1. The van der Waals surface area contributed by atoms with Crippen LogP contribution in [0.3, 0.4) is 0 Å². The summed E-state index contributed by atoms with van der Waals surface area (Å²) >= 11 is 0. The molecule has 6 nitrogen and oxygen atoms in total. The first kappa shape index (κ1) is 20.4. The van der Waals surface area contributed by atoms with Gasteiger partial charge in [-0.1, -0.05) is 6.07 Å². The Morgan fingerprint density at radius 3 is 2.65 bits per heavy atom. The molecule has 31 heavy (non-hydrogen) atoms. The predicted octanol–water partition coefficient (Wildman–Crippen LogP) is 4.20. The Morgan fingerprint density at radius 2 is 1.90 bits per heavy atom. The minimum Gasteiger partial charge on any atom is -0.381 e. The van der Waals surface area contributed by atoms with E-state index in [1.807, 2.05) is 6.07 Å². The lowest BCUT2D eigenvalue weighted by Crippen LogP contribution is -2.36. The highest BCUT2D eigenvalue weighted by molar-refractivity contribution is 5.84. The van der Waals surface area contributed by atoms with Crippen LogP contribution >= 0.6 is 0 Å². The number of alkyl halides is 3. The zero-order valence-electron chi connectivity index (χ0n) is 16.8. The lowest BCUT2D eigenvalue weighted by Gasteiger charge is -2.29. The summed E-state index contributed by atoms with van der Waals surface area (Å²) < 4.78 is 51.2. The molecule has 2 fully saturated rings. The maximum absolute atomic E-state index is 13.4. The van der Waals surface area contributed by atoms with Gasteiger partial charge >= 0.3 is 6.18 Å². The van der Waals surface area contributed by atoms with E-state index < -0.39 is 11.7 Å².